The van der Waals surface area contributed by atoms with Crippen LogP contribution in [0, 0.1) is 11.8 Å². The lowest BCUT2D eigenvalue weighted by atomic mass is 9.84. The molecule has 1 amide bonds. The lowest BCUT2D eigenvalue weighted by molar-refractivity contribution is -0.127. The molecule has 0 saturated heterocycles. The lowest BCUT2D eigenvalue weighted by Gasteiger charge is -2.33. The van der Waals surface area contributed by atoms with Gasteiger partial charge in [-0.25, -0.2) is 0 Å². The number of carbonyl (C=O) groups is 1. The summed E-state index contributed by atoms with van der Waals surface area (Å²) in [5.74, 6) is 1.04. The summed E-state index contributed by atoms with van der Waals surface area (Å²) in [5, 5.41) is 12.6. The van der Waals surface area contributed by atoms with E-state index in [1.54, 1.807) is 0 Å². The summed E-state index contributed by atoms with van der Waals surface area (Å²) in [6.07, 6.45) is 4.99. The average molecular weight is 289 g/mol. The van der Waals surface area contributed by atoms with Crippen molar-refractivity contribution in [2.45, 2.75) is 38.1 Å². The molecule has 2 N–H and O–H groups in total. The molecule has 0 aromatic heterocycles. The fraction of sp³-hybridized carbons (Fsp3) is 0.588. The summed E-state index contributed by atoms with van der Waals surface area (Å²) in [5.41, 5.74) is 1.10. The second-order valence-electron chi connectivity index (χ2n) is 6.16. The predicted molar refractivity (Wildman–Crippen MR) is 80.1 cm³/mol. The summed E-state index contributed by atoms with van der Waals surface area (Å²) in [4.78, 5) is 12.5. The molecule has 21 heavy (non-hydrogen) atoms. The highest BCUT2D eigenvalue weighted by Gasteiger charge is 2.30. The molecule has 1 aromatic carbocycles. The largest absolute Gasteiger partial charge is 0.492 e. The van der Waals surface area contributed by atoms with E-state index >= 15 is 0 Å². The number of nitrogens with one attached hydrogen (secondary N) is 1. The maximum Gasteiger partial charge on any atom is 0.227 e. The molecule has 1 heterocycles. The molecule has 0 radical (unpaired) electrons. The van der Waals surface area contributed by atoms with Crippen LogP contribution in [0.5, 0.6) is 5.75 Å². The third-order valence-corrected chi connectivity index (χ3v) is 4.72. The van der Waals surface area contributed by atoms with Gasteiger partial charge in [-0.05, 0) is 30.9 Å². The maximum absolute atomic E-state index is 12.5. The van der Waals surface area contributed by atoms with Crippen LogP contribution in [-0.4, -0.2) is 30.3 Å². The molecule has 3 atom stereocenters. The van der Waals surface area contributed by atoms with Gasteiger partial charge in [0.15, 0.2) is 0 Å². The Balaban J connectivity index is 1.61. The number of benzene rings is 1. The van der Waals surface area contributed by atoms with Gasteiger partial charge in [-0.15, -0.1) is 0 Å². The van der Waals surface area contributed by atoms with Crippen molar-refractivity contribution < 1.29 is 14.6 Å². The van der Waals surface area contributed by atoms with Crippen molar-refractivity contribution in [3.8, 4) is 5.75 Å². The third-order valence-electron chi connectivity index (χ3n) is 4.72. The Bertz CT molecular complexity index is 503. The zero-order chi connectivity index (χ0) is 14.7. The number of amides is 1. The molecule has 114 valence electrons. The van der Waals surface area contributed by atoms with Crippen LogP contribution in [-0.2, 0) is 11.2 Å². The van der Waals surface area contributed by atoms with Crippen molar-refractivity contribution in [2.75, 3.05) is 13.2 Å². The first-order valence-corrected chi connectivity index (χ1v) is 7.90. The molecule has 1 aliphatic heterocycles. The molecule has 0 spiro atoms. The third kappa shape index (κ3) is 3.21. The fourth-order valence-corrected chi connectivity index (χ4v) is 3.41. The molecule has 0 bridgehead atoms. The first-order valence-electron chi connectivity index (χ1n) is 7.90. The van der Waals surface area contributed by atoms with Gasteiger partial charge in [0.25, 0.3) is 0 Å². The number of rotatable bonds is 3. The van der Waals surface area contributed by atoms with Crippen LogP contribution >= 0.6 is 0 Å². The molecular weight excluding hydrogens is 266 g/mol. The first-order chi connectivity index (χ1) is 10.3. The number of para-hydroxylation sites is 1. The van der Waals surface area contributed by atoms with E-state index in [9.17, 15) is 9.90 Å². The van der Waals surface area contributed by atoms with Gasteiger partial charge in [-0.2, -0.15) is 0 Å². The predicted octanol–water partition coefficient (Wildman–Crippen LogP) is 1.90. The number of aliphatic hydroxyl groups excluding tert-OH is 1. The summed E-state index contributed by atoms with van der Waals surface area (Å²) >= 11 is 0. The molecule has 3 unspecified atom stereocenters. The van der Waals surface area contributed by atoms with E-state index in [-0.39, 0.29) is 30.4 Å². The van der Waals surface area contributed by atoms with E-state index in [1.807, 2.05) is 24.3 Å². The molecule has 2 aliphatic rings. The highest BCUT2D eigenvalue weighted by molar-refractivity contribution is 5.80. The minimum Gasteiger partial charge on any atom is -0.492 e. The fourth-order valence-electron chi connectivity index (χ4n) is 3.41. The van der Waals surface area contributed by atoms with Crippen molar-refractivity contribution in [3.63, 3.8) is 0 Å². The molecule has 1 fully saturated rings. The van der Waals surface area contributed by atoms with E-state index < -0.39 is 0 Å². The van der Waals surface area contributed by atoms with Gasteiger partial charge in [0.05, 0.1) is 5.92 Å². The van der Waals surface area contributed by atoms with E-state index in [2.05, 4.69) is 5.32 Å². The molecular formula is C17H23NO3. The van der Waals surface area contributed by atoms with E-state index in [0.29, 0.717) is 6.61 Å². The zero-order valence-electron chi connectivity index (χ0n) is 12.3. The van der Waals surface area contributed by atoms with Crippen molar-refractivity contribution >= 4 is 5.91 Å². The summed E-state index contributed by atoms with van der Waals surface area (Å²) in [6, 6.07) is 8.02. The van der Waals surface area contributed by atoms with Crippen LogP contribution in [0.2, 0.25) is 0 Å². The number of hydrogen-bond donors (Lipinski definition) is 2. The van der Waals surface area contributed by atoms with E-state index in [4.69, 9.17) is 4.74 Å². The summed E-state index contributed by atoms with van der Waals surface area (Å²) in [7, 11) is 0. The molecule has 4 heteroatoms. The van der Waals surface area contributed by atoms with Gasteiger partial charge >= 0.3 is 0 Å². The molecule has 1 saturated carbocycles. The molecule has 3 rings (SSSR count). The number of fused-ring (bicyclic) bond motifs is 1. The van der Waals surface area contributed by atoms with Crippen molar-refractivity contribution in [1.82, 2.24) is 5.32 Å². The quantitative estimate of drug-likeness (QED) is 0.893. The second-order valence-corrected chi connectivity index (χ2v) is 6.16. The number of ether oxygens (including phenoxy) is 1. The Morgan fingerprint density at radius 3 is 2.95 bits per heavy atom. The van der Waals surface area contributed by atoms with Gasteiger partial charge < -0.3 is 15.2 Å². The number of carbonyl (C=O) groups excluding carboxylic acids is 1. The minimum absolute atomic E-state index is 0.0647. The highest BCUT2D eigenvalue weighted by Crippen LogP contribution is 2.28. The summed E-state index contributed by atoms with van der Waals surface area (Å²) < 4.78 is 5.69. The van der Waals surface area contributed by atoms with Gasteiger partial charge in [0, 0.05) is 18.6 Å². The first kappa shape index (κ1) is 14.4. The zero-order valence-corrected chi connectivity index (χ0v) is 12.3. The standard InChI is InChI=1S/C17H23NO3/c19-10-13-6-1-3-7-15(13)18-17(20)14-9-12-5-2-4-8-16(12)21-11-14/h2,4-5,8,13-15,19H,1,3,6-7,9-11H2,(H,18,20). The smallest absolute Gasteiger partial charge is 0.227 e. The van der Waals surface area contributed by atoms with Crippen LogP contribution in [0.25, 0.3) is 0 Å². The SMILES string of the molecule is O=C(NC1CCCCC1CO)C1COc2ccccc2C1. The van der Waals surface area contributed by atoms with Gasteiger partial charge in [0.2, 0.25) is 5.91 Å². The van der Waals surface area contributed by atoms with Crippen molar-refractivity contribution in [3.05, 3.63) is 29.8 Å². The van der Waals surface area contributed by atoms with Crippen LogP contribution in [0.1, 0.15) is 31.2 Å². The monoisotopic (exact) mass is 289 g/mol. The van der Waals surface area contributed by atoms with Crippen LogP contribution in [0.3, 0.4) is 0 Å². The van der Waals surface area contributed by atoms with E-state index in [1.165, 1.54) is 0 Å². The van der Waals surface area contributed by atoms with E-state index in [0.717, 1.165) is 43.4 Å². The van der Waals surface area contributed by atoms with Crippen molar-refractivity contribution in [1.29, 1.82) is 0 Å². The molecule has 4 nitrogen and oxygen atoms in total. The average Bonchev–Trinajstić information content (AvgIpc) is 2.55. The molecule has 1 aliphatic carbocycles. The Morgan fingerprint density at radius 1 is 1.29 bits per heavy atom. The van der Waals surface area contributed by atoms with Crippen LogP contribution < -0.4 is 10.1 Å². The van der Waals surface area contributed by atoms with Gasteiger partial charge in [-0.3, -0.25) is 4.79 Å². The normalized spacial score (nSPS) is 28.3. The second kappa shape index (κ2) is 6.48. The number of hydrogen-bond acceptors (Lipinski definition) is 3. The molecule has 1 aromatic rings. The topological polar surface area (TPSA) is 58.6 Å². The highest BCUT2D eigenvalue weighted by atomic mass is 16.5. The van der Waals surface area contributed by atoms with Gasteiger partial charge in [0.1, 0.15) is 12.4 Å². The van der Waals surface area contributed by atoms with Crippen LogP contribution in [0.15, 0.2) is 24.3 Å². The Kier molecular flexibility index (Phi) is 4.44. The number of aliphatic hydroxyl groups is 1. The Hall–Kier alpha value is -1.55. The lowest BCUT2D eigenvalue weighted by Crippen LogP contribution is -2.47. The van der Waals surface area contributed by atoms with Crippen molar-refractivity contribution in [2.24, 2.45) is 11.8 Å². The minimum atomic E-state index is -0.124. The van der Waals surface area contributed by atoms with Gasteiger partial charge in [-0.1, -0.05) is 31.0 Å². The van der Waals surface area contributed by atoms with Crippen LogP contribution in [0.4, 0.5) is 0 Å². The Morgan fingerprint density at radius 2 is 2.10 bits per heavy atom. The Labute approximate surface area is 125 Å². The summed E-state index contributed by atoms with van der Waals surface area (Å²) in [6.45, 7) is 0.605. The maximum atomic E-state index is 12.5.